The minimum atomic E-state index is -0.480. The van der Waals surface area contributed by atoms with Crippen LogP contribution in [0.25, 0.3) is 10.9 Å². The number of benzene rings is 2. The number of hydrogen-bond acceptors (Lipinski definition) is 4. The lowest BCUT2D eigenvalue weighted by atomic mass is 10.0. The lowest BCUT2D eigenvalue weighted by Crippen LogP contribution is -2.47. The Morgan fingerprint density at radius 1 is 1.16 bits per heavy atom. The summed E-state index contributed by atoms with van der Waals surface area (Å²) >= 11 is 0. The van der Waals surface area contributed by atoms with E-state index in [9.17, 15) is 9.18 Å². The Bertz CT molecular complexity index is 1150. The van der Waals surface area contributed by atoms with Crippen LogP contribution in [-0.4, -0.2) is 54.6 Å². The topological polar surface area (TPSA) is 60.6 Å². The van der Waals surface area contributed by atoms with Crippen LogP contribution in [0.5, 0.6) is 5.75 Å². The van der Waals surface area contributed by atoms with Crippen molar-refractivity contribution in [3.05, 3.63) is 53.5 Å². The fourth-order valence-electron chi connectivity index (χ4n) is 4.82. The summed E-state index contributed by atoms with van der Waals surface area (Å²) in [6.45, 7) is 8.44. The third-order valence-electron chi connectivity index (χ3n) is 6.67. The van der Waals surface area contributed by atoms with Crippen LogP contribution < -0.4 is 15.0 Å². The highest BCUT2D eigenvalue weighted by molar-refractivity contribution is 5.99. The number of amides is 1. The zero-order valence-corrected chi connectivity index (χ0v) is 18.6. The molecule has 1 saturated heterocycles. The van der Waals surface area contributed by atoms with E-state index in [0.29, 0.717) is 0 Å². The number of carbonyl (C=O) groups is 1. The maximum absolute atomic E-state index is 14.0. The maximum atomic E-state index is 14.0. The molecule has 7 heteroatoms. The summed E-state index contributed by atoms with van der Waals surface area (Å²) < 4.78 is 19.9. The van der Waals surface area contributed by atoms with Gasteiger partial charge in [0.1, 0.15) is 5.82 Å². The molecular weight excluding hydrogens is 407 g/mol. The van der Waals surface area contributed by atoms with Gasteiger partial charge in [-0.3, -0.25) is 9.69 Å². The highest BCUT2D eigenvalue weighted by Gasteiger charge is 2.28. The molecule has 2 aliphatic rings. The van der Waals surface area contributed by atoms with Crippen LogP contribution in [0.15, 0.2) is 36.5 Å². The van der Waals surface area contributed by atoms with Crippen LogP contribution in [0.2, 0.25) is 0 Å². The molecule has 2 N–H and O–H groups in total. The number of anilines is 2. The van der Waals surface area contributed by atoms with Gasteiger partial charge < -0.3 is 19.9 Å². The second kappa shape index (κ2) is 8.47. The Morgan fingerprint density at radius 3 is 2.78 bits per heavy atom. The van der Waals surface area contributed by atoms with Crippen LogP contribution in [0.3, 0.4) is 0 Å². The van der Waals surface area contributed by atoms with Crippen LogP contribution in [-0.2, 0) is 11.2 Å². The van der Waals surface area contributed by atoms with Crippen LogP contribution in [0, 0.1) is 12.7 Å². The molecule has 2 aliphatic heterocycles. The van der Waals surface area contributed by atoms with Gasteiger partial charge in [-0.15, -0.1) is 0 Å². The summed E-state index contributed by atoms with van der Waals surface area (Å²) in [4.78, 5) is 20.0. The number of nitrogens with zero attached hydrogens (tertiary/aromatic N) is 2. The Hall–Kier alpha value is -3.06. The number of aromatic amines is 1. The van der Waals surface area contributed by atoms with E-state index >= 15 is 0 Å². The predicted octanol–water partition coefficient (Wildman–Crippen LogP) is 4.09. The summed E-state index contributed by atoms with van der Waals surface area (Å²) in [5, 5.41) is 3.96. The standard InChI is InChI=1S/C25H29FN4O2/c1-16-19(26)8-9-20-23(16)18(15-27-20)5-4-10-29-11-13-30(14-12-29)22-7-3-6-21-24(22)32-17(2)25(31)28-21/h3,6-9,15,17,27H,4-5,10-14H2,1-2H3,(H,28,31). The number of rotatable bonds is 5. The summed E-state index contributed by atoms with van der Waals surface area (Å²) in [7, 11) is 0. The normalized spacial score (nSPS) is 19.0. The van der Waals surface area contributed by atoms with E-state index in [1.54, 1.807) is 6.92 Å². The Labute approximate surface area is 187 Å². The number of hydrogen-bond donors (Lipinski definition) is 2. The van der Waals surface area contributed by atoms with E-state index in [2.05, 4.69) is 26.2 Å². The van der Waals surface area contributed by atoms with Crippen molar-refractivity contribution in [1.82, 2.24) is 9.88 Å². The lowest BCUT2D eigenvalue weighted by Gasteiger charge is -2.38. The smallest absolute Gasteiger partial charge is 0.265 e. The SMILES string of the molecule is Cc1c(F)ccc2[nH]cc(CCCN3CCN(c4cccc5c4OC(C)C(=O)N5)CC3)c12. The van der Waals surface area contributed by atoms with Gasteiger partial charge in [0.2, 0.25) is 0 Å². The molecule has 5 rings (SSSR count). The van der Waals surface area contributed by atoms with Gasteiger partial charge >= 0.3 is 0 Å². The molecule has 6 nitrogen and oxygen atoms in total. The monoisotopic (exact) mass is 436 g/mol. The molecule has 0 bridgehead atoms. The van der Waals surface area contributed by atoms with Gasteiger partial charge in [-0.05, 0) is 68.6 Å². The van der Waals surface area contributed by atoms with Gasteiger partial charge in [0.25, 0.3) is 5.91 Å². The van der Waals surface area contributed by atoms with Crippen molar-refractivity contribution in [3.8, 4) is 5.75 Å². The molecule has 2 aromatic carbocycles. The van der Waals surface area contributed by atoms with Crippen molar-refractivity contribution in [1.29, 1.82) is 0 Å². The lowest BCUT2D eigenvalue weighted by molar-refractivity contribution is -0.122. The zero-order chi connectivity index (χ0) is 22.2. The molecule has 0 spiro atoms. The highest BCUT2D eigenvalue weighted by atomic mass is 19.1. The first kappa shape index (κ1) is 20.8. The quantitative estimate of drug-likeness (QED) is 0.633. The maximum Gasteiger partial charge on any atom is 0.265 e. The van der Waals surface area contributed by atoms with Gasteiger partial charge in [0.05, 0.1) is 11.4 Å². The first-order chi connectivity index (χ1) is 15.5. The molecule has 0 aliphatic carbocycles. The van der Waals surface area contributed by atoms with Crippen molar-refractivity contribution in [2.24, 2.45) is 0 Å². The van der Waals surface area contributed by atoms with Gasteiger partial charge in [0, 0.05) is 43.3 Å². The summed E-state index contributed by atoms with van der Waals surface area (Å²) in [5.74, 6) is 0.526. The fraction of sp³-hybridized carbons (Fsp3) is 0.400. The Morgan fingerprint density at radius 2 is 1.97 bits per heavy atom. The van der Waals surface area contributed by atoms with Crippen molar-refractivity contribution in [3.63, 3.8) is 0 Å². The fourth-order valence-corrected chi connectivity index (χ4v) is 4.82. The van der Waals surface area contributed by atoms with Crippen LogP contribution in [0.4, 0.5) is 15.8 Å². The number of nitrogens with one attached hydrogen (secondary N) is 2. The largest absolute Gasteiger partial charge is 0.477 e. The molecule has 1 fully saturated rings. The minimum Gasteiger partial charge on any atom is -0.477 e. The van der Waals surface area contributed by atoms with E-state index in [4.69, 9.17) is 4.74 Å². The van der Waals surface area contributed by atoms with Crippen molar-refractivity contribution in [2.45, 2.75) is 32.8 Å². The van der Waals surface area contributed by atoms with E-state index in [0.717, 1.165) is 79.2 Å². The van der Waals surface area contributed by atoms with E-state index in [-0.39, 0.29) is 11.7 Å². The Kier molecular flexibility index (Phi) is 5.51. The third kappa shape index (κ3) is 3.81. The molecule has 1 amide bonds. The number of ether oxygens (including phenoxy) is 1. The predicted molar refractivity (Wildman–Crippen MR) is 125 cm³/mol. The first-order valence-electron chi connectivity index (χ1n) is 11.3. The molecule has 3 heterocycles. The second-order valence-electron chi connectivity index (χ2n) is 8.74. The Balaban J connectivity index is 1.18. The molecule has 3 aromatic rings. The number of carbonyl (C=O) groups excluding carboxylic acids is 1. The minimum absolute atomic E-state index is 0.104. The molecule has 1 unspecified atom stereocenters. The molecule has 0 radical (unpaired) electrons. The zero-order valence-electron chi connectivity index (χ0n) is 18.6. The van der Waals surface area contributed by atoms with Gasteiger partial charge in [-0.1, -0.05) is 6.07 Å². The number of aryl methyl sites for hydroxylation is 2. The molecule has 32 heavy (non-hydrogen) atoms. The number of fused-ring (bicyclic) bond motifs is 2. The summed E-state index contributed by atoms with van der Waals surface area (Å²) in [6, 6.07) is 9.26. The first-order valence-corrected chi connectivity index (χ1v) is 11.3. The van der Waals surface area contributed by atoms with E-state index in [1.807, 2.05) is 31.3 Å². The molecule has 0 saturated carbocycles. The van der Waals surface area contributed by atoms with E-state index in [1.165, 1.54) is 11.6 Å². The molecule has 1 atom stereocenters. The van der Waals surface area contributed by atoms with Crippen molar-refractivity contribution < 1.29 is 13.9 Å². The summed E-state index contributed by atoms with van der Waals surface area (Å²) in [6.07, 6.45) is 3.51. The van der Waals surface area contributed by atoms with Crippen LogP contribution in [0.1, 0.15) is 24.5 Å². The molecule has 1 aromatic heterocycles. The highest BCUT2D eigenvalue weighted by Crippen LogP contribution is 2.39. The molecular formula is C25H29FN4O2. The molecule has 168 valence electrons. The second-order valence-corrected chi connectivity index (χ2v) is 8.74. The number of para-hydroxylation sites is 1. The van der Waals surface area contributed by atoms with Crippen LogP contribution >= 0.6 is 0 Å². The van der Waals surface area contributed by atoms with E-state index < -0.39 is 6.10 Å². The van der Waals surface area contributed by atoms with Gasteiger partial charge in [-0.25, -0.2) is 4.39 Å². The van der Waals surface area contributed by atoms with Gasteiger partial charge in [-0.2, -0.15) is 0 Å². The average Bonchev–Trinajstić information content (AvgIpc) is 3.21. The number of piperazine rings is 1. The number of aromatic nitrogens is 1. The number of halogens is 1. The third-order valence-corrected chi connectivity index (χ3v) is 6.67. The van der Waals surface area contributed by atoms with Crippen molar-refractivity contribution in [2.75, 3.05) is 42.9 Å². The number of H-pyrrole nitrogens is 1. The average molecular weight is 437 g/mol. The van der Waals surface area contributed by atoms with Gasteiger partial charge in [0.15, 0.2) is 11.9 Å². The van der Waals surface area contributed by atoms with Crippen molar-refractivity contribution >= 4 is 28.2 Å². The summed E-state index contributed by atoms with van der Waals surface area (Å²) in [5.41, 5.74) is 4.72.